The Kier molecular flexibility index (Phi) is 9.56. The van der Waals surface area contributed by atoms with Crippen molar-refractivity contribution in [3.63, 3.8) is 0 Å². The molecule has 0 amide bonds. The van der Waals surface area contributed by atoms with E-state index in [9.17, 15) is 5.11 Å². The fourth-order valence-electron chi connectivity index (χ4n) is 11.5. The summed E-state index contributed by atoms with van der Waals surface area (Å²) in [4.78, 5) is 0. The number of fused-ring (bicyclic) bond motifs is 6. The second kappa shape index (κ2) is 14.0. The highest BCUT2D eigenvalue weighted by molar-refractivity contribution is 5.43. The number of rotatable bonds is 5. The van der Waals surface area contributed by atoms with E-state index in [0.29, 0.717) is 11.3 Å². The number of hydrogen-bond acceptors (Lipinski definition) is 2. The van der Waals surface area contributed by atoms with Crippen molar-refractivity contribution in [2.75, 3.05) is 6.61 Å². The summed E-state index contributed by atoms with van der Waals surface area (Å²) in [5.74, 6) is 1.33. The number of benzene rings is 4. The van der Waals surface area contributed by atoms with Crippen LogP contribution in [0, 0.1) is 25.7 Å². The van der Waals surface area contributed by atoms with Crippen molar-refractivity contribution in [1.29, 1.82) is 0 Å². The minimum atomic E-state index is -0.458. The SMILES string of the molecule is CC[C@@]1(O)CC[C@@]2(Cc3ccccc3)c3ccc(C)cc3CCC[C@H]2C1.Cc1ccc2c(c1)CCC[C@H]1C[C@]3(CC[C@@]21Cc1ccccc1)CO3. The van der Waals surface area contributed by atoms with Gasteiger partial charge in [0.15, 0.2) is 0 Å². The van der Waals surface area contributed by atoms with Crippen LogP contribution in [-0.2, 0) is 41.3 Å². The lowest BCUT2D eigenvalue weighted by Gasteiger charge is -2.50. The molecule has 268 valence electrons. The van der Waals surface area contributed by atoms with Gasteiger partial charge in [0.25, 0.3) is 0 Å². The van der Waals surface area contributed by atoms with Gasteiger partial charge in [-0.3, -0.25) is 0 Å². The molecule has 4 aromatic rings. The fraction of sp³-hybridized carbons (Fsp3) is 0.510. The van der Waals surface area contributed by atoms with E-state index in [1.165, 1.54) is 86.5 Å². The number of epoxide rings is 1. The normalized spacial score (nSPS) is 32.2. The summed E-state index contributed by atoms with van der Waals surface area (Å²) in [6.45, 7) is 7.60. The van der Waals surface area contributed by atoms with Gasteiger partial charge in [0.05, 0.1) is 17.8 Å². The second-order valence-corrected chi connectivity index (χ2v) is 17.6. The van der Waals surface area contributed by atoms with Crippen molar-refractivity contribution in [2.45, 2.75) is 139 Å². The Morgan fingerprint density at radius 3 is 1.61 bits per heavy atom. The van der Waals surface area contributed by atoms with E-state index in [1.54, 1.807) is 22.3 Å². The van der Waals surface area contributed by atoms with Crippen molar-refractivity contribution < 1.29 is 9.84 Å². The van der Waals surface area contributed by atoms with Gasteiger partial charge in [-0.15, -0.1) is 0 Å². The number of hydrogen-bond donors (Lipinski definition) is 1. The quantitative estimate of drug-likeness (QED) is 0.213. The summed E-state index contributed by atoms with van der Waals surface area (Å²) >= 11 is 0. The maximum atomic E-state index is 11.1. The van der Waals surface area contributed by atoms with Crippen LogP contribution in [0.15, 0.2) is 97.1 Å². The lowest BCUT2D eigenvalue weighted by molar-refractivity contribution is -0.0497. The second-order valence-electron chi connectivity index (χ2n) is 17.6. The van der Waals surface area contributed by atoms with E-state index in [4.69, 9.17) is 4.74 Å². The predicted molar refractivity (Wildman–Crippen MR) is 210 cm³/mol. The highest BCUT2D eigenvalue weighted by atomic mass is 16.6. The van der Waals surface area contributed by atoms with Crippen LogP contribution in [0.25, 0.3) is 0 Å². The van der Waals surface area contributed by atoms with Crippen molar-refractivity contribution in [3.05, 3.63) is 142 Å². The first kappa shape index (κ1) is 34.9. The Labute approximate surface area is 308 Å². The molecule has 51 heavy (non-hydrogen) atoms. The van der Waals surface area contributed by atoms with E-state index in [-0.39, 0.29) is 11.0 Å². The van der Waals surface area contributed by atoms with Crippen molar-refractivity contribution >= 4 is 0 Å². The molecule has 0 aromatic heterocycles. The smallest absolute Gasteiger partial charge is 0.0919 e. The molecule has 4 aromatic carbocycles. The number of aryl methyl sites for hydroxylation is 4. The molecule has 1 spiro atoms. The molecule has 5 aliphatic rings. The van der Waals surface area contributed by atoms with Crippen molar-refractivity contribution in [1.82, 2.24) is 0 Å². The third-order valence-corrected chi connectivity index (χ3v) is 14.4. The minimum Gasteiger partial charge on any atom is -0.390 e. The minimum absolute atomic E-state index is 0.183. The van der Waals surface area contributed by atoms with Crippen molar-refractivity contribution in [3.8, 4) is 0 Å². The molecule has 1 N–H and O–H groups in total. The van der Waals surface area contributed by atoms with E-state index >= 15 is 0 Å². The molecule has 1 saturated heterocycles. The Balaban J connectivity index is 0.000000147. The third-order valence-electron chi connectivity index (χ3n) is 14.4. The van der Waals surface area contributed by atoms with Gasteiger partial charge in [-0.1, -0.05) is 115 Å². The van der Waals surface area contributed by atoms with Gasteiger partial charge < -0.3 is 9.84 Å². The molecule has 0 bridgehead atoms. The molecule has 2 nitrogen and oxygen atoms in total. The maximum Gasteiger partial charge on any atom is 0.0919 e. The van der Waals surface area contributed by atoms with Crippen LogP contribution in [0.3, 0.4) is 0 Å². The molecule has 6 atom stereocenters. The largest absolute Gasteiger partial charge is 0.390 e. The van der Waals surface area contributed by atoms with Crippen LogP contribution in [0.1, 0.15) is 122 Å². The molecule has 4 aliphatic carbocycles. The molecule has 0 unspecified atom stereocenters. The van der Waals surface area contributed by atoms with Crippen LogP contribution in [-0.4, -0.2) is 22.9 Å². The van der Waals surface area contributed by atoms with Crippen LogP contribution >= 0.6 is 0 Å². The standard InChI is InChI=1S/C25H32O.C24H28O/c1-3-24(26)14-15-25(17-20-8-5-4-6-9-20)22(18-24)11-7-10-21-16-19(2)12-13-23(21)25;1-18-10-11-22-20(14-18)8-5-9-21-16-23(17-25-23)12-13-24(21,22)15-19-6-3-2-4-7-19/h4-6,8-9,12-13,16,22,26H,3,7,10-11,14-15,17-18H2,1-2H3;2-4,6-7,10-11,14,21H,5,8-9,12-13,15-17H2,1H3/t22-,24+,25-;21-,23+,24-/m00/s1. The molecule has 2 saturated carbocycles. The van der Waals surface area contributed by atoms with Gasteiger partial charge in [0, 0.05) is 10.8 Å². The van der Waals surface area contributed by atoms with Gasteiger partial charge in [-0.25, -0.2) is 0 Å². The zero-order valence-electron chi connectivity index (χ0n) is 31.6. The highest BCUT2D eigenvalue weighted by Crippen LogP contribution is 2.58. The van der Waals surface area contributed by atoms with Crippen LogP contribution in [0.4, 0.5) is 0 Å². The van der Waals surface area contributed by atoms with Gasteiger partial charge in [0.2, 0.25) is 0 Å². The van der Waals surface area contributed by atoms with Crippen LogP contribution < -0.4 is 0 Å². The molecule has 2 heteroatoms. The van der Waals surface area contributed by atoms with Crippen molar-refractivity contribution in [2.24, 2.45) is 11.8 Å². The fourth-order valence-corrected chi connectivity index (χ4v) is 11.5. The molecular formula is C49H60O2. The molecule has 1 aliphatic heterocycles. The molecule has 3 fully saturated rings. The highest BCUT2D eigenvalue weighted by Gasteiger charge is 2.57. The van der Waals surface area contributed by atoms with E-state index in [2.05, 4.69) is 118 Å². The van der Waals surface area contributed by atoms with Crippen LogP contribution in [0.5, 0.6) is 0 Å². The summed E-state index contributed by atoms with van der Waals surface area (Å²) in [6.07, 6.45) is 17.6. The first-order chi connectivity index (χ1) is 24.7. The van der Waals surface area contributed by atoms with Gasteiger partial charge in [-0.2, -0.15) is 0 Å². The lowest BCUT2D eigenvalue weighted by Crippen LogP contribution is -2.48. The van der Waals surface area contributed by atoms with Gasteiger partial charge in [0.1, 0.15) is 0 Å². The summed E-state index contributed by atoms with van der Waals surface area (Å²) in [5, 5.41) is 11.1. The average Bonchev–Trinajstić information content (AvgIpc) is 3.94. The lowest BCUT2D eigenvalue weighted by atomic mass is 9.55. The predicted octanol–water partition coefficient (Wildman–Crippen LogP) is 11.1. The average molecular weight is 681 g/mol. The van der Waals surface area contributed by atoms with E-state index < -0.39 is 5.60 Å². The molecule has 1 heterocycles. The van der Waals surface area contributed by atoms with Gasteiger partial charge >= 0.3 is 0 Å². The Hall–Kier alpha value is -3.20. The first-order valence-electron chi connectivity index (χ1n) is 20.4. The number of ether oxygens (including phenoxy) is 1. The Morgan fingerprint density at radius 2 is 1.12 bits per heavy atom. The molecule has 9 rings (SSSR count). The van der Waals surface area contributed by atoms with E-state index in [0.717, 1.165) is 44.6 Å². The first-order valence-corrected chi connectivity index (χ1v) is 20.4. The summed E-state index contributed by atoms with van der Waals surface area (Å²) in [6, 6.07) is 36.6. The molecular weight excluding hydrogens is 621 g/mol. The zero-order chi connectivity index (χ0) is 35.1. The van der Waals surface area contributed by atoms with E-state index in [1.807, 2.05) is 0 Å². The maximum absolute atomic E-state index is 11.1. The van der Waals surface area contributed by atoms with Crippen LogP contribution in [0.2, 0.25) is 0 Å². The summed E-state index contributed by atoms with van der Waals surface area (Å²) in [5.41, 5.74) is 12.4. The number of aliphatic hydroxyl groups is 1. The summed E-state index contributed by atoms with van der Waals surface area (Å²) < 4.78 is 5.93. The summed E-state index contributed by atoms with van der Waals surface area (Å²) in [7, 11) is 0. The topological polar surface area (TPSA) is 32.8 Å². The Morgan fingerprint density at radius 1 is 0.627 bits per heavy atom. The monoisotopic (exact) mass is 680 g/mol. The molecule has 0 radical (unpaired) electrons. The Bertz CT molecular complexity index is 1810. The third kappa shape index (κ3) is 6.89. The zero-order valence-corrected chi connectivity index (χ0v) is 31.6. The van der Waals surface area contributed by atoms with Gasteiger partial charge in [-0.05, 0) is 155 Å².